The largest absolute Gasteiger partial charge is 0.481 e. The maximum Gasteiger partial charge on any atom is 0.305 e. The zero-order valence-corrected chi connectivity index (χ0v) is 20.3. The Labute approximate surface area is 207 Å². The highest BCUT2D eigenvalue weighted by molar-refractivity contribution is 5.94. The smallest absolute Gasteiger partial charge is 0.305 e. The van der Waals surface area contributed by atoms with Crippen LogP contribution in [0.1, 0.15) is 72.0 Å². The molecule has 35 heavy (non-hydrogen) atoms. The number of aryl methyl sites for hydroxylation is 1. The van der Waals surface area contributed by atoms with E-state index < -0.39 is 5.97 Å². The number of carboxylic acids is 1. The molecule has 3 N–H and O–H groups in total. The molecule has 0 aliphatic heterocycles. The van der Waals surface area contributed by atoms with Crippen molar-refractivity contribution in [2.45, 2.75) is 57.9 Å². The van der Waals surface area contributed by atoms with Crippen LogP contribution in [0.25, 0.3) is 0 Å². The lowest BCUT2D eigenvalue weighted by molar-refractivity contribution is -0.136. The molecule has 1 aliphatic rings. The lowest BCUT2D eigenvalue weighted by Crippen LogP contribution is -2.26. The Bertz CT molecular complexity index is 1050. The van der Waals surface area contributed by atoms with Crippen LogP contribution in [0.2, 0.25) is 0 Å². The summed E-state index contributed by atoms with van der Waals surface area (Å²) in [6.45, 7) is 5.75. The SMILES string of the molecule is C=C/C=C\N=CCc1cc(C(Nc2ccc(C(=O)NCCC(=O)O)cc2)C2CCCCC2)c(C)o1. The van der Waals surface area contributed by atoms with Gasteiger partial charge in [0.2, 0.25) is 0 Å². The minimum atomic E-state index is -0.937. The number of carboxylic acid groups (broad SMARTS) is 1. The molecule has 1 unspecified atom stereocenters. The van der Waals surface area contributed by atoms with Crippen molar-refractivity contribution in [3.63, 3.8) is 0 Å². The summed E-state index contributed by atoms with van der Waals surface area (Å²) in [6, 6.07) is 9.57. The van der Waals surface area contributed by atoms with Gasteiger partial charge in [0, 0.05) is 42.2 Å². The number of nitrogens with zero attached hydrogens (tertiary/aromatic N) is 1. The number of aliphatic imine (C=N–C) groups is 1. The summed E-state index contributed by atoms with van der Waals surface area (Å²) in [7, 11) is 0. The van der Waals surface area contributed by atoms with E-state index in [-0.39, 0.29) is 24.9 Å². The third-order valence-electron chi connectivity index (χ3n) is 6.26. The molecule has 1 aliphatic carbocycles. The number of benzene rings is 1. The number of amides is 1. The highest BCUT2D eigenvalue weighted by Crippen LogP contribution is 2.39. The molecule has 1 amide bonds. The van der Waals surface area contributed by atoms with Crippen LogP contribution in [0.5, 0.6) is 0 Å². The molecule has 1 atom stereocenters. The van der Waals surface area contributed by atoms with Gasteiger partial charge in [-0.25, -0.2) is 0 Å². The maximum atomic E-state index is 12.3. The van der Waals surface area contributed by atoms with Gasteiger partial charge in [0.05, 0.1) is 12.5 Å². The predicted octanol–water partition coefficient (Wildman–Crippen LogP) is 5.84. The molecule has 1 fully saturated rings. The average molecular weight is 478 g/mol. The van der Waals surface area contributed by atoms with Crippen molar-refractivity contribution >= 4 is 23.8 Å². The lowest BCUT2D eigenvalue weighted by Gasteiger charge is -2.31. The number of rotatable bonds is 12. The van der Waals surface area contributed by atoms with Crippen LogP contribution in [-0.4, -0.2) is 29.7 Å². The van der Waals surface area contributed by atoms with Gasteiger partial charge in [-0.1, -0.05) is 31.9 Å². The zero-order valence-electron chi connectivity index (χ0n) is 20.3. The average Bonchev–Trinajstić information content (AvgIpc) is 3.23. The van der Waals surface area contributed by atoms with E-state index >= 15 is 0 Å². The molecule has 0 bridgehead atoms. The van der Waals surface area contributed by atoms with E-state index in [4.69, 9.17) is 9.52 Å². The Morgan fingerprint density at radius 1 is 1.23 bits per heavy atom. The summed E-state index contributed by atoms with van der Waals surface area (Å²) in [5.74, 6) is 1.07. The highest BCUT2D eigenvalue weighted by Gasteiger charge is 2.28. The molecule has 1 saturated carbocycles. The van der Waals surface area contributed by atoms with Crippen molar-refractivity contribution in [1.82, 2.24) is 5.32 Å². The molecular formula is C28H35N3O4. The summed E-state index contributed by atoms with van der Waals surface area (Å²) in [4.78, 5) is 27.1. The minimum absolute atomic E-state index is 0.0993. The minimum Gasteiger partial charge on any atom is -0.481 e. The number of furan rings is 1. The first-order chi connectivity index (χ1) is 17.0. The maximum absolute atomic E-state index is 12.3. The summed E-state index contributed by atoms with van der Waals surface area (Å²) in [6.07, 6.45) is 13.6. The van der Waals surface area contributed by atoms with Gasteiger partial charge in [0.1, 0.15) is 11.5 Å². The topological polar surface area (TPSA) is 104 Å². The molecule has 7 heteroatoms. The van der Waals surface area contributed by atoms with Crippen molar-refractivity contribution in [3.05, 3.63) is 77.9 Å². The van der Waals surface area contributed by atoms with Gasteiger partial charge in [-0.15, -0.1) is 0 Å². The Balaban J connectivity index is 1.73. The van der Waals surface area contributed by atoms with Crippen LogP contribution in [0, 0.1) is 12.8 Å². The van der Waals surface area contributed by atoms with Gasteiger partial charge in [-0.3, -0.25) is 14.6 Å². The van der Waals surface area contributed by atoms with Crippen LogP contribution in [0.4, 0.5) is 5.69 Å². The Kier molecular flexibility index (Phi) is 9.90. The van der Waals surface area contributed by atoms with E-state index in [1.807, 2.05) is 25.3 Å². The molecule has 1 aromatic heterocycles. The van der Waals surface area contributed by atoms with Gasteiger partial charge in [0.15, 0.2) is 0 Å². The normalized spacial score (nSPS) is 15.3. The second-order valence-electron chi connectivity index (χ2n) is 8.83. The lowest BCUT2D eigenvalue weighted by atomic mass is 9.81. The molecule has 0 radical (unpaired) electrons. The molecule has 3 rings (SSSR count). The van der Waals surface area contributed by atoms with Gasteiger partial charge in [-0.05, 0) is 62.1 Å². The summed E-state index contributed by atoms with van der Waals surface area (Å²) < 4.78 is 6.07. The standard InChI is InChI=1S/C28H35N3O4/c1-3-4-16-29-17-14-24-19-25(20(2)35-24)27(21-8-6-5-7-9-21)31-23-12-10-22(11-13-23)28(34)30-18-15-26(32)33/h3-4,10-13,16-17,19,21,27,31H,1,5-9,14-15,18H2,2H3,(H,30,34)(H,32,33)/b16-4-,29-17?. The molecular weight excluding hydrogens is 442 g/mol. The first-order valence-electron chi connectivity index (χ1n) is 12.2. The fraction of sp³-hybridized carbons (Fsp3) is 0.393. The van der Waals surface area contributed by atoms with Crippen molar-refractivity contribution in [1.29, 1.82) is 0 Å². The van der Waals surface area contributed by atoms with E-state index in [9.17, 15) is 9.59 Å². The van der Waals surface area contributed by atoms with Crippen LogP contribution in [0.15, 0.2) is 64.7 Å². The molecule has 0 saturated heterocycles. The number of nitrogens with one attached hydrogen (secondary N) is 2. The van der Waals surface area contributed by atoms with E-state index in [2.05, 4.69) is 28.3 Å². The Morgan fingerprint density at radius 2 is 1.97 bits per heavy atom. The van der Waals surface area contributed by atoms with Crippen molar-refractivity contribution < 1.29 is 19.1 Å². The first-order valence-corrected chi connectivity index (χ1v) is 12.2. The van der Waals surface area contributed by atoms with E-state index in [1.54, 1.807) is 30.5 Å². The monoisotopic (exact) mass is 477 g/mol. The second-order valence-corrected chi connectivity index (χ2v) is 8.83. The molecule has 186 valence electrons. The fourth-order valence-electron chi connectivity index (χ4n) is 4.48. The molecule has 0 spiro atoms. The third-order valence-corrected chi connectivity index (χ3v) is 6.26. The van der Waals surface area contributed by atoms with Crippen LogP contribution in [-0.2, 0) is 11.2 Å². The fourth-order valence-corrected chi connectivity index (χ4v) is 4.48. The predicted molar refractivity (Wildman–Crippen MR) is 139 cm³/mol. The Morgan fingerprint density at radius 3 is 2.66 bits per heavy atom. The van der Waals surface area contributed by atoms with Crippen LogP contribution < -0.4 is 10.6 Å². The highest BCUT2D eigenvalue weighted by atomic mass is 16.4. The molecule has 7 nitrogen and oxygen atoms in total. The summed E-state index contributed by atoms with van der Waals surface area (Å²) >= 11 is 0. The zero-order chi connectivity index (χ0) is 25.0. The van der Waals surface area contributed by atoms with Gasteiger partial charge in [-0.2, -0.15) is 0 Å². The number of hydrogen-bond acceptors (Lipinski definition) is 5. The second kappa shape index (κ2) is 13.3. The number of carbonyl (C=O) groups excluding carboxylic acids is 1. The van der Waals surface area contributed by atoms with E-state index in [1.165, 1.54) is 19.3 Å². The quantitative estimate of drug-likeness (QED) is 0.263. The Hall–Kier alpha value is -3.61. The molecule has 1 aromatic carbocycles. The van der Waals surface area contributed by atoms with Gasteiger partial charge in [0.25, 0.3) is 5.91 Å². The number of carbonyl (C=O) groups is 2. The van der Waals surface area contributed by atoms with Gasteiger partial charge < -0.3 is 20.2 Å². The van der Waals surface area contributed by atoms with Crippen LogP contribution in [0.3, 0.4) is 0 Å². The van der Waals surface area contributed by atoms with Crippen molar-refractivity contribution in [2.75, 3.05) is 11.9 Å². The first kappa shape index (κ1) is 26.0. The number of anilines is 1. The summed E-state index contributed by atoms with van der Waals surface area (Å²) in [5.41, 5.74) is 2.60. The van der Waals surface area contributed by atoms with Crippen molar-refractivity contribution in [2.24, 2.45) is 10.9 Å². The number of hydrogen-bond donors (Lipinski definition) is 3. The molecule has 2 aromatic rings. The van der Waals surface area contributed by atoms with E-state index in [0.29, 0.717) is 17.9 Å². The van der Waals surface area contributed by atoms with Gasteiger partial charge >= 0.3 is 5.97 Å². The summed E-state index contributed by atoms with van der Waals surface area (Å²) in [5, 5.41) is 15.1. The van der Waals surface area contributed by atoms with Crippen molar-refractivity contribution in [3.8, 4) is 0 Å². The molecule has 1 heterocycles. The van der Waals surface area contributed by atoms with Crippen LogP contribution >= 0.6 is 0 Å². The number of aliphatic carboxylic acids is 1. The number of allylic oxidation sites excluding steroid dienone is 2. The van der Waals surface area contributed by atoms with E-state index in [0.717, 1.165) is 35.6 Å². The third kappa shape index (κ3) is 7.98.